The van der Waals surface area contributed by atoms with Gasteiger partial charge in [0.15, 0.2) is 6.10 Å². The van der Waals surface area contributed by atoms with E-state index in [1.54, 1.807) is 6.92 Å². The lowest BCUT2D eigenvalue weighted by molar-refractivity contribution is -0.127. The van der Waals surface area contributed by atoms with Gasteiger partial charge in [-0.15, -0.1) is 0 Å². The molecule has 18 heavy (non-hydrogen) atoms. The zero-order valence-electron chi connectivity index (χ0n) is 11.0. The van der Waals surface area contributed by atoms with Gasteiger partial charge in [0.25, 0.3) is 5.91 Å². The van der Waals surface area contributed by atoms with Crippen molar-refractivity contribution >= 4 is 11.6 Å². The minimum absolute atomic E-state index is 0.0705. The van der Waals surface area contributed by atoms with Crippen molar-refractivity contribution in [3.8, 4) is 5.75 Å². The molecular weight excluding hydrogens is 228 g/mol. The maximum absolute atomic E-state index is 11.7. The molecule has 2 rings (SSSR count). The van der Waals surface area contributed by atoms with Crippen molar-refractivity contribution in [1.82, 2.24) is 5.32 Å². The molecule has 0 bridgehead atoms. The number of carbonyl (C=O) groups excluding carboxylic acids is 1. The molecule has 0 saturated carbocycles. The summed E-state index contributed by atoms with van der Waals surface area (Å²) < 4.78 is 5.78. The Morgan fingerprint density at radius 1 is 1.56 bits per heavy atom. The van der Waals surface area contributed by atoms with E-state index in [1.807, 2.05) is 19.1 Å². The molecule has 1 atom stereocenters. The molecule has 0 radical (unpaired) electrons. The van der Waals surface area contributed by atoms with Crippen LogP contribution in [0.2, 0.25) is 0 Å². The zero-order valence-corrected chi connectivity index (χ0v) is 11.0. The Labute approximate surface area is 108 Å². The number of amides is 1. The average Bonchev–Trinajstić information content (AvgIpc) is 2.39. The summed E-state index contributed by atoms with van der Waals surface area (Å²) in [6.07, 6.45) is 1.64. The molecule has 1 aliphatic rings. The van der Waals surface area contributed by atoms with E-state index >= 15 is 0 Å². The van der Waals surface area contributed by atoms with Gasteiger partial charge < -0.3 is 15.4 Å². The number of rotatable bonds is 4. The molecule has 1 aromatic rings. The highest BCUT2D eigenvalue weighted by atomic mass is 16.5. The number of likely N-dealkylation sites (N-methyl/N-ethyl adjacent to an activating group) is 1. The van der Waals surface area contributed by atoms with Gasteiger partial charge in [-0.2, -0.15) is 0 Å². The van der Waals surface area contributed by atoms with Crippen molar-refractivity contribution in [2.45, 2.75) is 32.8 Å². The van der Waals surface area contributed by atoms with E-state index in [4.69, 9.17) is 4.74 Å². The maximum Gasteiger partial charge on any atom is 0.260 e. The fraction of sp³-hybridized carbons (Fsp3) is 0.500. The molecule has 98 valence electrons. The fourth-order valence-electron chi connectivity index (χ4n) is 2.15. The minimum atomic E-state index is -0.460. The van der Waals surface area contributed by atoms with Gasteiger partial charge >= 0.3 is 0 Å². The zero-order chi connectivity index (χ0) is 13.0. The van der Waals surface area contributed by atoms with Gasteiger partial charge in [0.2, 0.25) is 0 Å². The second kappa shape index (κ2) is 5.76. The third-order valence-corrected chi connectivity index (χ3v) is 3.08. The molecular formula is C14H20N2O2. The summed E-state index contributed by atoms with van der Waals surface area (Å²) in [5.74, 6) is 0.748. The Bertz CT molecular complexity index is 432. The highest BCUT2D eigenvalue weighted by Gasteiger charge is 2.18. The molecule has 0 saturated heterocycles. The van der Waals surface area contributed by atoms with Gasteiger partial charge in [0.1, 0.15) is 5.75 Å². The standard InChI is InChI=1S/C14H20N2O2/c1-3-15-14(17)10(2)18-13-8-4-7-12-11(13)6-5-9-16-12/h4,7-8,10,16H,3,5-6,9H2,1-2H3,(H,15,17). The monoisotopic (exact) mass is 248 g/mol. The Kier molecular flexibility index (Phi) is 4.07. The third-order valence-electron chi connectivity index (χ3n) is 3.08. The second-order valence-corrected chi connectivity index (χ2v) is 4.47. The van der Waals surface area contributed by atoms with Crippen LogP contribution < -0.4 is 15.4 Å². The van der Waals surface area contributed by atoms with Crippen LogP contribution in [0.4, 0.5) is 5.69 Å². The summed E-state index contributed by atoms with van der Waals surface area (Å²) in [5.41, 5.74) is 2.31. The largest absolute Gasteiger partial charge is 0.481 e. The number of carbonyl (C=O) groups is 1. The van der Waals surface area contributed by atoms with Crippen molar-refractivity contribution in [2.75, 3.05) is 18.4 Å². The van der Waals surface area contributed by atoms with Gasteiger partial charge in [0.05, 0.1) is 0 Å². The molecule has 4 nitrogen and oxygen atoms in total. The third kappa shape index (κ3) is 2.75. The van der Waals surface area contributed by atoms with Gasteiger partial charge in [-0.3, -0.25) is 4.79 Å². The van der Waals surface area contributed by atoms with E-state index in [0.717, 1.165) is 30.8 Å². The van der Waals surface area contributed by atoms with Crippen LogP contribution in [-0.4, -0.2) is 25.1 Å². The first-order valence-corrected chi connectivity index (χ1v) is 6.52. The molecule has 4 heteroatoms. The SMILES string of the molecule is CCNC(=O)C(C)Oc1cccc2c1CCCN2. The van der Waals surface area contributed by atoms with E-state index in [9.17, 15) is 4.79 Å². The van der Waals surface area contributed by atoms with Crippen LogP contribution in [0, 0.1) is 0 Å². The van der Waals surface area contributed by atoms with Crippen molar-refractivity contribution in [2.24, 2.45) is 0 Å². The summed E-state index contributed by atoms with van der Waals surface area (Å²) in [6, 6.07) is 5.94. The van der Waals surface area contributed by atoms with Crippen LogP contribution in [0.15, 0.2) is 18.2 Å². The maximum atomic E-state index is 11.7. The minimum Gasteiger partial charge on any atom is -0.481 e. The van der Waals surface area contributed by atoms with E-state index in [-0.39, 0.29) is 5.91 Å². The number of ether oxygens (including phenoxy) is 1. The molecule has 0 fully saturated rings. The van der Waals surface area contributed by atoms with Crippen LogP contribution >= 0.6 is 0 Å². The van der Waals surface area contributed by atoms with E-state index in [0.29, 0.717) is 6.54 Å². The van der Waals surface area contributed by atoms with Crippen LogP contribution in [0.5, 0.6) is 5.75 Å². The average molecular weight is 248 g/mol. The van der Waals surface area contributed by atoms with E-state index in [2.05, 4.69) is 16.7 Å². The first-order chi connectivity index (χ1) is 8.72. The smallest absolute Gasteiger partial charge is 0.260 e. The Hall–Kier alpha value is -1.71. The lowest BCUT2D eigenvalue weighted by Gasteiger charge is -2.22. The number of hydrogen-bond donors (Lipinski definition) is 2. The highest BCUT2D eigenvalue weighted by molar-refractivity contribution is 5.80. The van der Waals surface area contributed by atoms with Crippen molar-refractivity contribution in [1.29, 1.82) is 0 Å². The number of hydrogen-bond acceptors (Lipinski definition) is 3. The molecule has 1 heterocycles. The Morgan fingerprint density at radius 3 is 3.17 bits per heavy atom. The summed E-state index contributed by atoms with van der Waals surface area (Å²) in [6.45, 7) is 5.31. The molecule has 1 unspecified atom stereocenters. The summed E-state index contributed by atoms with van der Waals surface area (Å²) in [5, 5.41) is 6.12. The van der Waals surface area contributed by atoms with Crippen LogP contribution in [0.3, 0.4) is 0 Å². The molecule has 1 aliphatic heterocycles. The second-order valence-electron chi connectivity index (χ2n) is 4.47. The van der Waals surface area contributed by atoms with Crippen molar-refractivity contribution in [3.05, 3.63) is 23.8 Å². The molecule has 1 amide bonds. The summed E-state index contributed by atoms with van der Waals surface area (Å²) in [7, 11) is 0. The van der Waals surface area contributed by atoms with Crippen LogP contribution in [0.25, 0.3) is 0 Å². The summed E-state index contributed by atoms with van der Waals surface area (Å²) in [4.78, 5) is 11.7. The predicted octanol–water partition coefficient (Wildman–Crippen LogP) is 1.95. The van der Waals surface area contributed by atoms with Crippen molar-refractivity contribution < 1.29 is 9.53 Å². The first kappa shape index (κ1) is 12.7. The van der Waals surface area contributed by atoms with Crippen molar-refractivity contribution in [3.63, 3.8) is 0 Å². The lowest BCUT2D eigenvalue weighted by atomic mass is 10.0. The quantitative estimate of drug-likeness (QED) is 0.856. The number of nitrogens with one attached hydrogen (secondary N) is 2. The van der Waals surface area contributed by atoms with Crippen LogP contribution in [0.1, 0.15) is 25.8 Å². The lowest BCUT2D eigenvalue weighted by Crippen LogP contribution is -2.36. The fourth-order valence-corrected chi connectivity index (χ4v) is 2.15. The predicted molar refractivity (Wildman–Crippen MR) is 72.0 cm³/mol. The molecule has 0 aliphatic carbocycles. The normalized spacial score (nSPS) is 15.2. The number of benzene rings is 1. The molecule has 2 N–H and O–H groups in total. The van der Waals surface area contributed by atoms with E-state index in [1.165, 1.54) is 5.56 Å². The first-order valence-electron chi connectivity index (χ1n) is 6.52. The number of anilines is 1. The van der Waals surface area contributed by atoms with Gasteiger partial charge in [0, 0.05) is 24.3 Å². The Morgan fingerprint density at radius 2 is 2.39 bits per heavy atom. The van der Waals surface area contributed by atoms with E-state index < -0.39 is 6.10 Å². The van der Waals surface area contributed by atoms with Gasteiger partial charge in [-0.05, 0) is 38.8 Å². The van der Waals surface area contributed by atoms with Crippen LogP contribution in [-0.2, 0) is 11.2 Å². The molecule has 1 aromatic carbocycles. The molecule has 0 spiro atoms. The number of fused-ring (bicyclic) bond motifs is 1. The van der Waals surface area contributed by atoms with Gasteiger partial charge in [-0.25, -0.2) is 0 Å². The molecule has 0 aromatic heterocycles. The highest BCUT2D eigenvalue weighted by Crippen LogP contribution is 2.31. The van der Waals surface area contributed by atoms with Gasteiger partial charge in [-0.1, -0.05) is 6.07 Å². The topological polar surface area (TPSA) is 50.4 Å². The summed E-state index contributed by atoms with van der Waals surface area (Å²) >= 11 is 0. The Balaban J connectivity index is 2.11.